The Hall–Kier alpha value is -2.56. The van der Waals surface area contributed by atoms with Gasteiger partial charge in [0.15, 0.2) is 6.61 Å². The van der Waals surface area contributed by atoms with Crippen LogP contribution in [0, 0.1) is 5.92 Å². The van der Waals surface area contributed by atoms with Crippen LogP contribution in [0.15, 0.2) is 42.5 Å². The van der Waals surface area contributed by atoms with Gasteiger partial charge in [0.2, 0.25) is 0 Å². The number of amides is 1. The molecule has 1 amide bonds. The van der Waals surface area contributed by atoms with E-state index in [-0.39, 0.29) is 24.4 Å². The Morgan fingerprint density at radius 2 is 1.96 bits per heavy atom. The van der Waals surface area contributed by atoms with Crippen LogP contribution in [0.5, 0.6) is 5.75 Å². The standard InChI is InChI=1S/C20H23NO4/c1-2-24-20(23)17-8-5-11-21(13-17)19(22)14-25-18-10-9-15-6-3-4-7-16(15)12-18/h3-4,6-7,9-10,12,17H,2,5,8,11,13-14H2,1H3. The molecule has 1 atom stereocenters. The van der Waals surface area contributed by atoms with Gasteiger partial charge in [-0.15, -0.1) is 0 Å². The molecule has 1 fully saturated rings. The van der Waals surface area contributed by atoms with Gasteiger partial charge in [-0.2, -0.15) is 0 Å². The van der Waals surface area contributed by atoms with Gasteiger partial charge in [-0.3, -0.25) is 9.59 Å². The molecular weight excluding hydrogens is 318 g/mol. The molecule has 25 heavy (non-hydrogen) atoms. The van der Waals surface area contributed by atoms with Crippen molar-refractivity contribution in [2.45, 2.75) is 19.8 Å². The quantitative estimate of drug-likeness (QED) is 0.785. The Morgan fingerprint density at radius 1 is 1.16 bits per heavy atom. The van der Waals surface area contributed by atoms with Crippen LogP contribution in [0.2, 0.25) is 0 Å². The largest absolute Gasteiger partial charge is 0.484 e. The van der Waals surface area contributed by atoms with Crippen molar-refractivity contribution in [3.63, 3.8) is 0 Å². The maximum atomic E-state index is 12.4. The number of fused-ring (bicyclic) bond motifs is 1. The van der Waals surface area contributed by atoms with Gasteiger partial charge in [-0.25, -0.2) is 0 Å². The summed E-state index contributed by atoms with van der Waals surface area (Å²) in [6, 6.07) is 13.8. The molecule has 1 saturated heterocycles. The van der Waals surface area contributed by atoms with Crippen molar-refractivity contribution in [1.82, 2.24) is 4.90 Å². The summed E-state index contributed by atoms with van der Waals surface area (Å²) >= 11 is 0. The third-order valence-corrected chi connectivity index (χ3v) is 4.48. The lowest BCUT2D eigenvalue weighted by Crippen LogP contribution is -2.44. The minimum Gasteiger partial charge on any atom is -0.484 e. The van der Waals surface area contributed by atoms with Crippen molar-refractivity contribution in [2.75, 3.05) is 26.3 Å². The van der Waals surface area contributed by atoms with E-state index < -0.39 is 0 Å². The lowest BCUT2D eigenvalue weighted by molar-refractivity contribution is -0.151. The summed E-state index contributed by atoms with van der Waals surface area (Å²) in [4.78, 5) is 26.0. The fraction of sp³-hybridized carbons (Fsp3) is 0.400. The second kappa shape index (κ2) is 8.01. The molecule has 0 saturated carbocycles. The van der Waals surface area contributed by atoms with Gasteiger partial charge in [0.1, 0.15) is 5.75 Å². The Balaban J connectivity index is 1.56. The number of benzene rings is 2. The molecule has 0 spiro atoms. The van der Waals surface area contributed by atoms with Gasteiger partial charge in [0, 0.05) is 13.1 Å². The molecule has 132 valence electrons. The molecule has 3 rings (SSSR count). The highest BCUT2D eigenvalue weighted by Crippen LogP contribution is 2.21. The van der Waals surface area contributed by atoms with Crippen LogP contribution >= 0.6 is 0 Å². The predicted octanol–water partition coefficient (Wildman–Crippen LogP) is 3.02. The second-order valence-corrected chi connectivity index (χ2v) is 6.23. The number of hydrogen-bond donors (Lipinski definition) is 0. The molecule has 1 aliphatic rings. The van der Waals surface area contributed by atoms with Crippen LogP contribution < -0.4 is 4.74 Å². The summed E-state index contributed by atoms with van der Waals surface area (Å²) < 4.78 is 10.7. The van der Waals surface area contributed by atoms with Gasteiger partial charge in [0.25, 0.3) is 5.91 Å². The number of likely N-dealkylation sites (tertiary alicyclic amines) is 1. The highest BCUT2D eigenvalue weighted by Gasteiger charge is 2.29. The Morgan fingerprint density at radius 3 is 2.76 bits per heavy atom. The zero-order valence-corrected chi connectivity index (χ0v) is 14.4. The molecule has 0 aromatic heterocycles. The molecule has 5 heteroatoms. The number of hydrogen-bond acceptors (Lipinski definition) is 4. The van der Waals surface area contributed by atoms with Crippen molar-refractivity contribution in [1.29, 1.82) is 0 Å². The monoisotopic (exact) mass is 341 g/mol. The highest BCUT2D eigenvalue weighted by molar-refractivity contribution is 5.84. The van der Waals surface area contributed by atoms with Crippen molar-refractivity contribution in [3.05, 3.63) is 42.5 Å². The molecule has 0 radical (unpaired) electrons. The van der Waals surface area contributed by atoms with Crippen LogP contribution in [-0.4, -0.2) is 43.1 Å². The van der Waals surface area contributed by atoms with Crippen LogP contribution in [0.4, 0.5) is 0 Å². The summed E-state index contributed by atoms with van der Waals surface area (Å²) in [7, 11) is 0. The SMILES string of the molecule is CCOC(=O)C1CCCN(C(=O)COc2ccc3ccccc3c2)C1. The van der Waals surface area contributed by atoms with Gasteiger partial charge in [-0.1, -0.05) is 30.3 Å². The van der Waals surface area contributed by atoms with Crippen LogP contribution in [0.1, 0.15) is 19.8 Å². The molecule has 2 aromatic carbocycles. The van der Waals surface area contributed by atoms with E-state index in [1.165, 1.54) is 0 Å². The van der Waals surface area contributed by atoms with Gasteiger partial charge < -0.3 is 14.4 Å². The first kappa shape index (κ1) is 17.3. The summed E-state index contributed by atoms with van der Waals surface area (Å²) in [6.45, 7) is 3.22. The van der Waals surface area contributed by atoms with E-state index in [9.17, 15) is 9.59 Å². The molecule has 1 aliphatic heterocycles. The lowest BCUT2D eigenvalue weighted by Gasteiger charge is -2.31. The summed E-state index contributed by atoms with van der Waals surface area (Å²) in [5, 5.41) is 2.21. The lowest BCUT2D eigenvalue weighted by atomic mass is 9.98. The van der Waals surface area contributed by atoms with Crippen LogP contribution in [0.3, 0.4) is 0 Å². The molecule has 0 bridgehead atoms. The summed E-state index contributed by atoms with van der Waals surface area (Å²) in [5.74, 6) is 0.141. The maximum absolute atomic E-state index is 12.4. The zero-order chi connectivity index (χ0) is 17.6. The van der Waals surface area contributed by atoms with E-state index in [2.05, 4.69) is 0 Å². The zero-order valence-electron chi connectivity index (χ0n) is 14.4. The fourth-order valence-corrected chi connectivity index (χ4v) is 3.15. The fourth-order valence-electron chi connectivity index (χ4n) is 3.15. The molecule has 5 nitrogen and oxygen atoms in total. The van der Waals surface area contributed by atoms with Crippen molar-refractivity contribution >= 4 is 22.6 Å². The number of carbonyl (C=O) groups excluding carboxylic acids is 2. The van der Waals surface area contributed by atoms with E-state index >= 15 is 0 Å². The minimum atomic E-state index is -0.224. The Kier molecular flexibility index (Phi) is 5.53. The number of piperidine rings is 1. The average molecular weight is 341 g/mol. The Labute approximate surface area is 147 Å². The number of ether oxygens (including phenoxy) is 2. The van der Waals surface area contributed by atoms with Crippen molar-refractivity contribution < 1.29 is 19.1 Å². The normalized spacial score (nSPS) is 17.3. The predicted molar refractivity (Wildman–Crippen MR) is 95.4 cm³/mol. The molecule has 1 unspecified atom stereocenters. The van der Waals surface area contributed by atoms with E-state index in [0.717, 1.165) is 23.6 Å². The topological polar surface area (TPSA) is 55.8 Å². The first-order valence-electron chi connectivity index (χ1n) is 8.73. The van der Waals surface area contributed by atoms with Gasteiger partial charge >= 0.3 is 5.97 Å². The Bertz CT molecular complexity index is 758. The summed E-state index contributed by atoms with van der Waals surface area (Å²) in [6.07, 6.45) is 1.58. The smallest absolute Gasteiger partial charge is 0.310 e. The molecule has 0 aliphatic carbocycles. The van der Waals surface area contributed by atoms with Crippen LogP contribution in [0.25, 0.3) is 10.8 Å². The third kappa shape index (κ3) is 4.29. The molecule has 2 aromatic rings. The minimum absolute atomic E-state index is 0.0200. The highest BCUT2D eigenvalue weighted by atomic mass is 16.5. The van der Waals surface area contributed by atoms with Crippen LogP contribution in [-0.2, 0) is 14.3 Å². The average Bonchev–Trinajstić information content (AvgIpc) is 2.66. The number of esters is 1. The van der Waals surface area contributed by atoms with E-state index in [1.807, 2.05) is 42.5 Å². The van der Waals surface area contributed by atoms with Gasteiger partial charge in [0.05, 0.1) is 12.5 Å². The first-order chi connectivity index (χ1) is 12.2. The molecular formula is C20H23NO4. The van der Waals surface area contributed by atoms with E-state index in [1.54, 1.807) is 11.8 Å². The number of rotatable bonds is 5. The molecule has 1 heterocycles. The van der Waals surface area contributed by atoms with E-state index in [4.69, 9.17) is 9.47 Å². The number of carbonyl (C=O) groups is 2. The van der Waals surface area contributed by atoms with Crippen molar-refractivity contribution in [2.24, 2.45) is 5.92 Å². The van der Waals surface area contributed by atoms with Gasteiger partial charge in [-0.05, 0) is 42.7 Å². The molecule has 0 N–H and O–H groups in total. The third-order valence-electron chi connectivity index (χ3n) is 4.48. The first-order valence-corrected chi connectivity index (χ1v) is 8.73. The van der Waals surface area contributed by atoms with E-state index in [0.29, 0.717) is 25.4 Å². The maximum Gasteiger partial charge on any atom is 0.310 e. The summed E-state index contributed by atoms with van der Waals surface area (Å²) in [5.41, 5.74) is 0. The van der Waals surface area contributed by atoms with Crippen molar-refractivity contribution in [3.8, 4) is 5.75 Å². The number of nitrogens with zero attached hydrogens (tertiary/aromatic N) is 1. The second-order valence-electron chi connectivity index (χ2n) is 6.23.